The number of fused-ring (bicyclic) bond motifs is 1. The van der Waals surface area contributed by atoms with E-state index in [-0.39, 0.29) is 18.2 Å². The molecule has 1 fully saturated rings. The van der Waals surface area contributed by atoms with Crippen molar-refractivity contribution >= 4 is 11.8 Å². The van der Waals surface area contributed by atoms with E-state index in [1.54, 1.807) is 29.3 Å². The van der Waals surface area contributed by atoms with Crippen molar-refractivity contribution in [3.63, 3.8) is 0 Å². The molecule has 3 unspecified atom stereocenters. The summed E-state index contributed by atoms with van der Waals surface area (Å²) in [4.78, 5) is 25.9. The maximum Gasteiger partial charge on any atom is 0.323 e. The number of hydrogen-bond donors (Lipinski definition) is 4. The fraction of sp³-hybridized carbons (Fsp3) is 0.444. The highest BCUT2D eigenvalue weighted by Crippen LogP contribution is 2.35. The van der Waals surface area contributed by atoms with Gasteiger partial charge in [-0.1, -0.05) is 61.7 Å². The summed E-state index contributed by atoms with van der Waals surface area (Å²) in [7, 11) is 0. The van der Waals surface area contributed by atoms with E-state index in [1.165, 1.54) is 19.3 Å². The second-order valence-electron chi connectivity index (χ2n) is 9.40. The Morgan fingerprint density at radius 2 is 1.83 bits per heavy atom. The zero-order valence-corrected chi connectivity index (χ0v) is 19.8. The largest absolute Gasteiger partial charge is 0.480 e. The Bertz CT molecular complexity index is 1090. The van der Waals surface area contributed by atoms with Gasteiger partial charge in [0.25, 0.3) is 0 Å². The number of nitriles is 1. The SMILES string of the molecule is N#Cc1ccccc1C(=O)C1C(CNC2CCCCC2)c2ccccc2CN1NC(CN)C(=O)O. The van der Waals surface area contributed by atoms with E-state index < -0.39 is 18.1 Å². The van der Waals surface area contributed by atoms with Gasteiger partial charge in [-0.2, -0.15) is 5.26 Å². The molecule has 1 aliphatic heterocycles. The number of benzene rings is 2. The lowest BCUT2D eigenvalue weighted by Gasteiger charge is -2.43. The highest BCUT2D eigenvalue weighted by Gasteiger charge is 2.42. The fourth-order valence-electron chi connectivity index (χ4n) is 5.34. The van der Waals surface area contributed by atoms with Crippen LogP contribution in [0.1, 0.15) is 65.1 Å². The minimum Gasteiger partial charge on any atom is -0.480 e. The molecule has 0 radical (unpaired) electrons. The number of carbonyl (C=O) groups is 2. The average molecular weight is 476 g/mol. The molecule has 2 aromatic rings. The van der Waals surface area contributed by atoms with Crippen molar-refractivity contribution in [2.45, 2.75) is 62.7 Å². The molecule has 0 aromatic heterocycles. The summed E-state index contributed by atoms with van der Waals surface area (Å²) in [5.74, 6) is -1.52. The van der Waals surface area contributed by atoms with Gasteiger partial charge < -0.3 is 16.2 Å². The molecule has 184 valence electrons. The predicted molar refractivity (Wildman–Crippen MR) is 132 cm³/mol. The molecule has 8 nitrogen and oxygen atoms in total. The zero-order valence-electron chi connectivity index (χ0n) is 19.8. The van der Waals surface area contributed by atoms with Crippen LogP contribution >= 0.6 is 0 Å². The first-order chi connectivity index (χ1) is 17.0. The molecule has 1 heterocycles. The molecule has 5 N–H and O–H groups in total. The van der Waals surface area contributed by atoms with Gasteiger partial charge in [-0.3, -0.25) is 9.59 Å². The van der Waals surface area contributed by atoms with Gasteiger partial charge in [-0.05, 0) is 30.0 Å². The topological polar surface area (TPSA) is 131 Å². The van der Waals surface area contributed by atoms with Crippen LogP contribution in [0.5, 0.6) is 0 Å². The number of nitrogens with two attached hydrogens (primary N) is 1. The normalized spacial score (nSPS) is 21.6. The van der Waals surface area contributed by atoms with Crippen molar-refractivity contribution in [2.75, 3.05) is 13.1 Å². The third-order valence-corrected chi connectivity index (χ3v) is 7.18. The number of carboxylic acid groups (broad SMARTS) is 1. The number of carboxylic acids is 1. The Morgan fingerprint density at radius 1 is 1.11 bits per heavy atom. The van der Waals surface area contributed by atoms with E-state index in [0.717, 1.165) is 24.0 Å². The summed E-state index contributed by atoms with van der Waals surface area (Å²) in [6.07, 6.45) is 5.87. The third kappa shape index (κ3) is 5.60. The van der Waals surface area contributed by atoms with E-state index >= 15 is 0 Å². The van der Waals surface area contributed by atoms with Crippen LogP contribution in [0.2, 0.25) is 0 Å². The molecule has 0 bridgehead atoms. The van der Waals surface area contributed by atoms with Gasteiger partial charge in [-0.15, -0.1) is 0 Å². The van der Waals surface area contributed by atoms with Crippen LogP contribution in [0.3, 0.4) is 0 Å². The van der Waals surface area contributed by atoms with Gasteiger partial charge in [0.2, 0.25) is 0 Å². The van der Waals surface area contributed by atoms with Crippen molar-refractivity contribution in [2.24, 2.45) is 5.73 Å². The number of carbonyl (C=O) groups excluding carboxylic acids is 1. The molecule has 1 aliphatic carbocycles. The summed E-state index contributed by atoms with van der Waals surface area (Å²) in [5, 5.41) is 24.7. The van der Waals surface area contributed by atoms with Gasteiger partial charge in [0.15, 0.2) is 5.78 Å². The standard InChI is InChI=1S/C27H33N5O3/c28-14-18-8-4-7-13-22(18)26(33)25-23(16-30-20-10-2-1-3-11-20)21-12-6-5-9-19(21)17-32(25)31-24(15-29)27(34)35/h4-9,12-13,20,23-25,30-31H,1-3,10-11,15-17,29H2,(H,34,35). The Morgan fingerprint density at radius 3 is 2.54 bits per heavy atom. The number of rotatable bonds is 9. The highest BCUT2D eigenvalue weighted by atomic mass is 16.4. The summed E-state index contributed by atoms with van der Waals surface area (Å²) >= 11 is 0. The van der Waals surface area contributed by atoms with Crippen molar-refractivity contribution in [3.05, 3.63) is 70.8 Å². The molecule has 1 saturated carbocycles. The summed E-state index contributed by atoms with van der Waals surface area (Å²) in [6.45, 7) is 0.810. The lowest BCUT2D eigenvalue weighted by atomic mass is 9.79. The van der Waals surface area contributed by atoms with Crippen LogP contribution in [0, 0.1) is 11.3 Å². The van der Waals surface area contributed by atoms with E-state index in [9.17, 15) is 20.0 Å². The number of nitrogens with one attached hydrogen (secondary N) is 2. The molecule has 4 rings (SSSR count). The molecular weight excluding hydrogens is 442 g/mol. The van der Waals surface area contributed by atoms with Crippen molar-refractivity contribution < 1.29 is 14.7 Å². The Hall–Kier alpha value is -3.09. The lowest BCUT2D eigenvalue weighted by molar-refractivity contribution is -0.141. The van der Waals surface area contributed by atoms with Crippen molar-refractivity contribution in [3.8, 4) is 6.07 Å². The van der Waals surface area contributed by atoms with Gasteiger partial charge in [0.1, 0.15) is 6.04 Å². The van der Waals surface area contributed by atoms with Crippen LogP contribution in [-0.2, 0) is 11.3 Å². The average Bonchev–Trinajstić information content (AvgIpc) is 2.90. The Balaban J connectivity index is 1.74. The second-order valence-corrected chi connectivity index (χ2v) is 9.40. The molecule has 0 spiro atoms. The Labute approximate surface area is 206 Å². The summed E-state index contributed by atoms with van der Waals surface area (Å²) in [5.41, 5.74) is 11.5. The number of nitrogens with zero attached hydrogens (tertiary/aromatic N) is 2. The maximum absolute atomic E-state index is 14.1. The van der Waals surface area contributed by atoms with Gasteiger partial charge in [0.05, 0.1) is 17.7 Å². The molecule has 0 amide bonds. The minimum atomic E-state index is -1.08. The first-order valence-electron chi connectivity index (χ1n) is 12.3. The summed E-state index contributed by atoms with van der Waals surface area (Å²) < 4.78 is 0. The number of hydrazine groups is 1. The molecule has 2 aliphatic rings. The third-order valence-electron chi connectivity index (χ3n) is 7.18. The summed E-state index contributed by atoms with van der Waals surface area (Å²) in [6, 6.07) is 15.6. The predicted octanol–water partition coefficient (Wildman–Crippen LogP) is 2.55. The van der Waals surface area contributed by atoms with Crippen molar-refractivity contribution in [1.29, 1.82) is 5.26 Å². The molecule has 35 heavy (non-hydrogen) atoms. The Kier molecular flexibility index (Phi) is 8.26. The molecule has 2 aromatic carbocycles. The highest BCUT2D eigenvalue weighted by molar-refractivity contribution is 6.03. The van der Waals surface area contributed by atoms with Gasteiger partial charge >= 0.3 is 5.97 Å². The number of hydrogen-bond acceptors (Lipinski definition) is 7. The molecule has 3 atom stereocenters. The van der Waals surface area contributed by atoms with Gasteiger partial charge in [-0.25, -0.2) is 10.4 Å². The second kappa shape index (κ2) is 11.6. The maximum atomic E-state index is 14.1. The molecular formula is C27H33N5O3. The molecule has 0 saturated heterocycles. The van der Waals surface area contributed by atoms with Crippen molar-refractivity contribution in [1.82, 2.24) is 15.8 Å². The van der Waals surface area contributed by atoms with E-state index in [1.807, 2.05) is 24.3 Å². The smallest absolute Gasteiger partial charge is 0.323 e. The quantitative estimate of drug-likeness (QED) is 0.407. The first-order valence-corrected chi connectivity index (χ1v) is 12.3. The van der Waals surface area contributed by atoms with E-state index in [4.69, 9.17) is 5.73 Å². The lowest BCUT2D eigenvalue weighted by Crippen LogP contribution is -2.61. The van der Waals surface area contributed by atoms with E-state index in [0.29, 0.717) is 30.3 Å². The first kappa shape index (κ1) is 25.0. The van der Waals surface area contributed by atoms with Crippen LogP contribution in [0.15, 0.2) is 48.5 Å². The van der Waals surface area contributed by atoms with Crippen LogP contribution < -0.4 is 16.5 Å². The number of aliphatic carboxylic acids is 1. The van der Waals surface area contributed by atoms with Crippen LogP contribution in [0.4, 0.5) is 0 Å². The van der Waals surface area contributed by atoms with Crippen LogP contribution in [-0.4, -0.2) is 53.1 Å². The van der Waals surface area contributed by atoms with Gasteiger partial charge in [0, 0.05) is 37.2 Å². The molecule has 8 heteroatoms. The van der Waals surface area contributed by atoms with Crippen LogP contribution in [0.25, 0.3) is 0 Å². The number of ketones is 1. The van der Waals surface area contributed by atoms with E-state index in [2.05, 4.69) is 16.8 Å². The minimum absolute atomic E-state index is 0.117. The fourth-order valence-corrected chi connectivity index (χ4v) is 5.34. The number of Topliss-reactive ketones (excluding diaryl/α,β-unsaturated/α-hetero) is 1. The zero-order chi connectivity index (χ0) is 24.8. The monoisotopic (exact) mass is 475 g/mol.